The maximum atomic E-state index is 13.6. The molecule has 0 spiro atoms. The molecule has 1 aromatic carbocycles. The second-order valence-corrected chi connectivity index (χ2v) is 5.42. The number of nitrogens with one attached hydrogen (secondary N) is 1. The Balaban J connectivity index is 3.35. The molecular weight excluding hydrogens is 382 g/mol. The normalized spacial score (nSPS) is 11.2. The molecule has 8 heteroatoms. The van der Waals surface area contributed by atoms with Crippen LogP contribution in [0.2, 0.25) is 0 Å². The van der Waals surface area contributed by atoms with Crippen molar-refractivity contribution in [2.45, 2.75) is 32.2 Å². The average Bonchev–Trinajstić information content (AvgIpc) is 2.39. The topological polar surface area (TPSA) is 92.5 Å². The molecule has 0 aliphatic rings. The van der Waals surface area contributed by atoms with E-state index >= 15 is 0 Å². The first kappa shape index (κ1) is 16.6. The standard InChI is InChI=1S/C12H14FIN2O4/c1-3-12(4-2,11(17)18)15-9-5-7(13)8(14)6-10(9)16(19)20/h5-6,15H,3-4H2,1-2H3,(H,17,18). The summed E-state index contributed by atoms with van der Waals surface area (Å²) in [6.07, 6.45) is 0.424. The molecule has 0 atom stereocenters. The fourth-order valence-corrected chi connectivity index (χ4v) is 2.28. The molecule has 6 nitrogen and oxygen atoms in total. The summed E-state index contributed by atoms with van der Waals surface area (Å²) in [5.41, 5.74) is -1.83. The van der Waals surface area contributed by atoms with Crippen molar-refractivity contribution in [3.05, 3.63) is 31.6 Å². The van der Waals surface area contributed by atoms with E-state index in [0.29, 0.717) is 0 Å². The number of benzene rings is 1. The lowest BCUT2D eigenvalue weighted by atomic mass is 9.92. The van der Waals surface area contributed by atoms with E-state index in [-0.39, 0.29) is 27.8 Å². The lowest BCUT2D eigenvalue weighted by Gasteiger charge is -2.29. The Kier molecular flexibility index (Phi) is 5.26. The number of nitro benzene ring substituents is 1. The van der Waals surface area contributed by atoms with Crippen LogP contribution in [0.25, 0.3) is 0 Å². The van der Waals surface area contributed by atoms with Crippen molar-refractivity contribution in [3.63, 3.8) is 0 Å². The lowest BCUT2D eigenvalue weighted by Crippen LogP contribution is -2.45. The zero-order chi connectivity index (χ0) is 15.5. The third kappa shape index (κ3) is 3.17. The summed E-state index contributed by atoms with van der Waals surface area (Å²) in [4.78, 5) is 21.7. The second kappa shape index (κ2) is 6.33. The van der Waals surface area contributed by atoms with Gasteiger partial charge in [0.1, 0.15) is 17.0 Å². The second-order valence-electron chi connectivity index (χ2n) is 4.26. The number of carboxylic acids is 1. The van der Waals surface area contributed by atoms with Gasteiger partial charge in [0.25, 0.3) is 5.69 Å². The summed E-state index contributed by atoms with van der Waals surface area (Å²) in [5.74, 6) is -1.76. The Morgan fingerprint density at radius 2 is 2.05 bits per heavy atom. The molecule has 0 heterocycles. The van der Waals surface area contributed by atoms with Gasteiger partial charge in [0.2, 0.25) is 0 Å². The predicted molar refractivity (Wildman–Crippen MR) is 80.3 cm³/mol. The van der Waals surface area contributed by atoms with Gasteiger partial charge < -0.3 is 10.4 Å². The number of carbonyl (C=O) groups is 1. The number of nitro groups is 1. The molecule has 0 aromatic heterocycles. The highest BCUT2D eigenvalue weighted by Crippen LogP contribution is 2.32. The first-order chi connectivity index (χ1) is 9.27. The smallest absolute Gasteiger partial charge is 0.329 e. The molecule has 0 unspecified atom stereocenters. The number of halogens is 2. The molecule has 0 aliphatic heterocycles. The van der Waals surface area contributed by atoms with Crippen molar-refractivity contribution >= 4 is 39.9 Å². The van der Waals surface area contributed by atoms with E-state index in [1.165, 1.54) is 0 Å². The third-order valence-electron chi connectivity index (χ3n) is 3.23. The predicted octanol–water partition coefficient (Wildman–Crippen LogP) is 3.39. The fourth-order valence-electron chi connectivity index (χ4n) is 1.83. The van der Waals surface area contributed by atoms with Crippen LogP contribution >= 0.6 is 22.6 Å². The Hall–Kier alpha value is -1.45. The molecule has 0 fully saturated rings. The first-order valence-electron chi connectivity index (χ1n) is 5.92. The van der Waals surface area contributed by atoms with Crippen molar-refractivity contribution in [2.24, 2.45) is 0 Å². The molecule has 0 aliphatic carbocycles. The molecule has 0 saturated heterocycles. The largest absolute Gasteiger partial charge is 0.480 e. The molecule has 2 N–H and O–H groups in total. The van der Waals surface area contributed by atoms with Crippen LogP contribution in [-0.2, 0) is 4.79 Å². The monoisotopic (exact) mass is 396 g/mol. The van der Waals surface area contributed by atoms with Gasteiger partial charge in [0.15, 0.2) is 0 Å². The van der Waals surface area contributed by atoms with E-state index in [4.69, 9.17) is 0 Å². The van der Waals surface area contributed by atoms with Crippen LogP contribution in [0.3, 0.4) is 0 Å². The Bertz CT molecular complexity index is 547. The number of carboxylic acid groups (broad SMARTS) is 1. The van der Waals surface area contributed by atoms with Gasteiger partial charge in [-0.05, 0) is 35.4 Å². The van der Waals surface area contributed by atoms with Crippen LogP contribution in [0, 0.1) is 19.5 Å². The number of nitrogens with zero attached hydrogens (tertiary/aromatic N) is 1. The zero-order valence-corrected chi connectivity index (χ0v) is 13.1. The van der Waals surface area contributed by atoms with Gasteiger partial charge in [0, 0.05) is 12.1 Å². The molecule has 0 saturated carbocycles. The van der Waals surface area contributed by atoms with E-state index in [2.05, 4.69) is 5.32 Å². The summed E-state index contributed by atoms with van der Waals surface area (Å²) in [5, 5.41) is 22.9. The van der Waals surface area contributed by atoms with Gasteiger partial charge in [-0.2, -0.15) is 0 Å². The van der Waals surface area contributed by atoms with Gasteiger partial charge in [-0.3, -0.25) is 10.1 Å². The van der Waals surface area contributed by atoms with Gasteiger partial charge in [0.05, 0.1) is 8.49 Å². The summed E-state index contributed by atoms with van der Waals surface area (Å²) in [7, 11) is 0. The fraction of sp³-hybridized carbons (Fsp3) is 0.417. The first-order valence-corrected chi connectivity index (χ1v) is 7.00. The summed E-state index contributed by atoms with van der Waals surface area (Å²) >= 11 is 1.65. The number of hydrogen-bond donors (Lipinski definition) is 2. The molecule has 1 rings (SSSR count). The Morgan fingerprint density at radius 1 is 1.50 bits per heavy atom. The van der Waals surface area contributed by atoms with Crippen LogP contribution < -0.4 is 5.32 Å². The summed E-state index contributed by atoms with van der Waals surface area (Å²) in [6, 6.07) is 2.04. The molecule has 0 radical (unpaired) electrons. The van der Waals surface area contributed by atoms with Gasteiger partial charge in [-0.1, -0.05) is 13.8 Å². The molecular formula is C12H14FIN2O4. The Labute approximate surface area is 128 Å². The lowest BCUT2D eigenvalue weighted by molar-refractivity contribution is -0.384. The van der Waals surface area contributed by atoms with Crippen LogP contribution in [0.4, 0.5) is 15.8 Å². The van der Waals surface area contributed by atoms with E-state index in [1.807, 2.05) is 0 Å². The van der Waals surface area contributed by atoms with Gasteiger partial charge in [-0.25, -0.2) is 9.18 Å². The van der Waals surface area contributed by atoms with Crippen LogP contribution in [-0.4, -0.2) is 21.5 Å². The van der Waals surface area contributed by atoms with Crippen LogP contribution in [0.15, 0.2) is 12.1 Å². The minimum absolute atomic E-state index is 0.105. The average molecular weight is 396 g/mol. The van der Waals surface area contributed by atoms with Crippen molar-refractivity contribution in [2.75, 3.05) is 5.32 Å². The van der Waals surface area contributed by atoms with Crippen molar-refractivity contribution in [1.82, 2.24) is 0 Å². The number of anilines is 1. The zero-order valence-electron chi connectivity index (χ0n) is 10.9. The third-order valence-corrected chi connectivity index (χ3v) is 4.05. The molecule has 110 valence electrons. The van der Waals surface area contributed by atoms with Gasteiger partial charge in [-0.15, -0.1) is 0 Å². The highest BCUT2D eigenvalue weighted by molar-refractivity contribution is 14.1. The minimum Gasteiger partial charge on any atom is -0.480 e. The highest BCUT2D eigenvalue weighted by atomic mass is 127. The molecule has 0 bridgehead atoms. The summed E-state index contributed by atoms with van der Waals surface area (Å²) < 4.78 is 13.7. The van der Waals surface area contributed by atoms with E-state index < -0.39 is 22.2 Å². The van der Waals surface area contributed by atoms with Crippen molar-refractivity contribution in [1.29, 1.82) is 0 Å². The van der Waals surface area contributed by atoms with Crippen LogP contribution in [0.1, 0.15) is 26.7 Å². The van der Waals surface area contributed by atoms with Crippen molar-refractivity contribution < 1.29 is 19.2 Å². The van der Waals surface area contributed by atoms with Crippen molar-refractivity contribution in [3.8, 4) is 0 Å². The van der Waals surface area contributed by atoms with E-state index in [0.717, 1.165) is 12.1 Å². The number of aliphatic carboxylic acids is 1. The van der Waals surface area contributed by atoms with E-state index in [1.54, 1.807) is 36.4 Å². The minimum atomic E-state index is -1.36. The maximum absolute atomic E-state index is 13.6. The maximum Gasteiger partial charge on any atom is 0.329 e. The van der Waals surface area contributed by atoms with Crippen LogP contribution in [0.5, 0.6) is 0 Å². The van der Waals surface area contributed by atoms with Gasteiger partial charge >= 0.3 is 5.97 Å². The van der Waals surface area contributed by atoms with E-state index in [9.17, 15) is 24.4 Å². The summed E-state index contributed by atoms with van der Waals surface area (Å²) in [6.45, 7) is 3.30. The quantitative estimate of drug-likeness (QED) is 0.437. The molecule has 20 heavy (non-hydrogen) atoms. The number of hydrogen-bond acceptors (Lipinski definition) is 4. The molecule has 0 amide bonds. The highest BCUT2D eigenvalue weighted by Gasteiger charge is 2.36. The SMILES string of the molecule is CCC(CC)(Nc1cc(F)c(I)cc1[N+](=O)[O-])C(=O)O. The number of rotatable bonds is 6. The molecule has 1 aromatic rings. The Morgan fingerprint density at radius 3 is 2.45 bits per heavy atom.